The number of methoxy groups -OCH3 is 1. The highest BCUT2D eigenvalue weighted by Gasteiger charge is 2.31. The van der Waals surface area contributed by atoms with Crippen molar-refractivity contribution in [3.63, 3.8) is 0 Å². The number of ether oxygens (including phenoxy) is 2. The Labute approximate surface area is 186 Å². The quantitative estimate of drug-likeness (QED) is 0.656. The van der Waals surface area contributed by atoms with Crippen molar-refractivity contribution in [1.82, 2.24) is 20.1 Å². The molecular formula is C22H30N4O4S. The molecule has 0 aliphatic carbocycles. The summed E-state index contributed by atoms with van der Waals surface area (Å²) in [4.78, 5) is 35.7. The molecule has 2 fully saturated rings. The van der Waals surface area contributed by atoms with Gasteiger partial charge in [0, 0.05) is 57.0 Å². The van der Waals surface area contributed by atoms with E-state index in [1.807, 2.05) is 17.0 Å². The van der Waals surface area contributed by atoms with Crippen LogP contribution in [0.5, 0.6) is 0 Å². The molecule has 0 unspecified atom stereocenters. The van der Waals surface area contributed by atoms with Crippen LogP contribution in [0.15, 0.2) is 18.3 Å². The topological polar surface area (TPSA) is 84.0 Å². The first-order chi connectivity index (χ1) is 15.2. The number of nitrogens with zero attached hydrogens (tertiary/aromatic N) is 3. The van der Waals surface area contributed by atoms with Gasteiger partial charge in [-0.1, -0.05) is 6.07 Å². The number of carbonyl (C=O) groups excluding carboxylic acids is 2. The Morgan fingerprint density at radius 3 is 2.94 bits per heavy atom. The number of nitrogens with one attached hydrogen (secondary N) is 1. The third-order valence-electron chi connectivity index (χ3n) is 5.84. The number of fused-ring (bicyclic) bond motifs is 1. The highest BCUT2D eigenvalue weighted by atomic mass is 32.1. The molecule has 0 aromatic carbocycles. The molecule has 2 aliphatic rings. The van der Waals surface area contributed by atoms with Crippen molar-refractivity contribution in [2.75, 3.05) is 59.6 Å². The van der Waals surface area contributed by atoms with Crippen LogP contribution in [0.3, 0.4) is 0 Å². The summed E-state index contributed by atoms with van der Waals surface area (Å²) in [7, 11) is 1.61. The lowest BCUT2D eigenvalue weighted by atomic mass is 10.0. The van der Waals surface area contributed by atoms with Crippen LogP contribution >= 0.6 is 11.3 Å². The van der Waals surface area contributed by atoms with Crippen molar-refractivity contribution in [2.45, 2.75) is 25.4 Å². The smallest absolute Gasteiger partial charge is 0.261 e. The molecular weight excluding hydrogens is 416 g/mol. The van der Waals surface area contributed by atoms with Gasteiger partial charge in [0.15, 0.2) is 0 Å². The minimum atomic E-state index is -0.274. The Morgan fingerprint density at radius 1 is 1.29 bits per heavy atom. The molecule has 1 atom stereocenters. The molecule has 2 aromatic rings. The molecule has 168 valence electrons. The number of amides is 2. The fourth-order valence-corrected chi connectivity index (χ4v) is 5.35. The van der Waals surface area contributed by atoms with Gasteiger partial charge in [-0.3, -0.25) is 14.5 Å². The number of likely N-dealkylation sites (tertiary alicyclic amines) is 1. The predicted octanol–water partition coefficient (Wildman–Crippen LogP) is 2.06. The van der Waals surface area contributed by atoms with E-state index in [4.69, 9.17) is 9.47 Å². The van der Waals surface area contributed by atoms with Gasteiger partial charge < -0.3 is 19.7 Å². The van der Waals surface area contributed by atoms with Gasteiger partial charge in [0.05, 0.1) is 25.9 Å². The van der Waals surface area contributed by atoms with Crippen molar-refractivity contribution in [1.29, 1.82) is 0 Å². The predicted molar refractivity (Wildman–Crippen MR) is 119 cm³/mol. The van der Waals surface area contributed by atoms with Gasteiger partial charge in [0.2, 0.25) is 5.91 Å². The van der Waals surface area contributed by atoms with E-state index >= 15 is 0 Å². The number of rotatable bonds is 7. The van der Waals surface area contributed by atoms with Crippen LogP contribution in [-0.4, -0.2) is 86.2 Å². The number of piperidine rings is 1. The summed E-state index contributed by atoms with van der Waals surface area (Å²) in [5.74, 6) is 0.0508. The minimum absolute atomic E-state index is 0.139. The number of pyridine rings is 1. The normalized spacial score (nSPS) is 20.2. The first kappa shape index (κ1) is 22.1. The second kappa shape index (κ2) is 10.5. The second-order valence-electron chi connectivity index (χ2n) is 7.99. The van der Waals surface area contributed by atoms with E-state index in [-0.39, 0.29) is 17.9 Å². The molecule has 4 rings (SSSR count). The monoisotopic (exact) mass is 446 g/mol. The number of hydrogen-bond donors (Lipinski definition) is 1. The third kappa shape index (κ3) is 5.23. The largest absolute Gasteiger partial charge is 0.383 e. The van der Waals surface area contributed by atoms with Gasteiger partial charge >= 0.3 is 0 Å². The fourth-order valence-electron chi connectivity index (χ4n) is 4.24. The molecule has 8 nitrogen and oxygen atoms in total. The van der Waals surface area contributed by atoms with Gasteiger partial charge in [0.25, 0.3) is 5.91 Å². The molecule has 2 aliphatic heterocycles. The van der Waals surface area contributed by atoms with E-state index in [1.54, 1.807) is 13.3 Å². The molecule has 0 spiro atoms. The highest BCUT2D eigenvalue weighted by Crippen LogP contribution is 2.37. The molecule has 0 saturated carbocycles. The molecule has 31 heavy (non-hydrogen) atoms. The zero-order valence-corrected chi connectivity index (χ0v) is 18.8. The third-order valence-corrected chi connectivity index (χ3v) is 6.97. The molecule has 2 aromatic heterocycles. The number of carbonyl (C=O) groups is 2. The summed E-state index contributed by atoms with van der Waals surface area (Å²) in [5, 5.41) is 3.86. The van der Waals surface area contributed by atoms with Crippen LogP contribution in [0.4, 0.5) is 0 Å². The number of hydrogen-bond acceptors (Lipinski definition) is 7. The molecule has 4 heterocycles. The van der Waals surface area contributed by atoms with Crippen LogP contribution in [0.25, 0.3) is 10.2 Å². The average Bonchev–Trinajstić information content (AvgIpc) is 3.20. The van der Waals surface area contributed by atoms with E-state index in [0.717, 1.165) is 41.7 Å². The van der Waals surface area contributed by atoms with Crippen molar-refractivity contribution in [2.24, 2.45) is 0 Å². The zero-order chi connectivity index (χ0) is 21.6. The zero-order valence-electron chi connectivity index (χ0n) is 18.0. The highest BCUT2D eigenvalue weighted by molar-refractivity contribution is 7.20. The van der Waals surface area contributed by atoms with Crippen LogP contribution in [0.2, 0.25) is 0 Å². The van der Waals surface area contributed by atoms with Gasteiger partial charge in [0.1, 0.15) is 9.71 Å². The maximum Gasteiger partial charge on any atom is 0.261 e. The van der Waals surface area contributed by atoms with Crippen LogP contribution < -0.4 is 5.32 Å². The van der Waals surface area contributed by atoms with Crippen molar-refractivity contribution >= 4 is 33.4 Å². The van der Waals surface area contributed by atoms with E-state index in [1.165, 1.54) is 17.8 Å². The Morgan fingerprint density at radius 2 is 2.13 bits per heavy atom. The van der Waals surface area contributed by atoms with Crippen molar-refractivity contribution in [3.8, 4) is 0 Å². The Bertz CT molecular complexity index is 912. The first-order valence-electron chi connectivity index (χ1n) is 10.9. The SMILES string of the molecule is COCCNC(=O)c1sc2ncccc2c1[C@H]1CN(CC(=O)N2CCCCC2)CCO1. The van der Waals surface area contributed by atoms with Crippen molar-refractivity contribution in [3.05, 3.63) is 28.8 Å². The summed E-state index contributed by atoms with van der Waals surface area (Å²) >= 11 is 1.38. The van der Waals surface area contributed by atoms with Crippen LogP contribution in [0.1, 0.15) is 40.6 Å². The second-order valence-corrected chi connectivity index (χ2v) is 8.98. The molecule has 2 amide bonds. The lowest BCUT2D eigenvalue weighted by molar-refractivity contribution is -0.135. The van der Waals surface area contributed by atoms with E-state index in [2.05, 4.69) is 15.2 Å². The minimum Gasteiger partial charge on any atom is -0.383 e. The Hall–Kier alpha value is -2.07. The Balaban J connectivity index is 1.52. The summed E-state index contributed by atoms with van der Waals surface area (Å²) < 4.78 is 11.2. The average molecular weight is 447 g/mol. The summed E-state index contributed by atoms with van der Waals surface area (Å²) in [6.07, 6.45) is 4.85. The molecule has 0 radical (unpaired) electrons. The maximum atomic E-state index is 12.9. The fraction of sp³-hybridized carbons (Fsp3) is 0.591. The van der Waals surface area contributed by atoms with E-state index < -0.39 is 0 Å². The van der Waals surface area contributed by atoms with E-state index in [0.29, 0.717) is 44.3 Å². The van der Waals surface area contributed by atoms with Gasteiger partial charge in [-0.25, -0.2) is 4.98 Å². The number of aromatic nitrogens is 1. The molecule has 2 saturated heterocycles. The van der Waals surface area contributed by atoms with E-state index in [9.17, 15) is 9.59 Å². The lowest BCUT2D eigenvalue weighted by Gasteiger charge is -2.35. The number of thiophene rings is 1. The standard InChI is InChI=1S/C22H30N4O4S/c1-29-12-8-23-21(28)20-19(16-6-5-7-24-22(16)31-20)17-14-25(11-13-30-17)15-18(27)26-9-3-2-4-10-26/h5-7,17H,2-4,8-15H2,1H3,(H,23,28)/t17-/m1/s1. The summed E-state index contributed by atoms with van der Waals surface area (Å²) in [6, 6.07) is 3.87. The van der Waals surface area contributed by atoms with Gasteiger partial charge in [-0.15, -0.1) is 11.3 Å². The molecule has 1 N–H and O–H groups in total. The number of morpholine rings is 1. The molecule has 9 heteroatoms. The summed E-state index contributed by atoms with van der Waals surface area (Å²) in [6.45, 7) is 4.84. The van der Waals surface area contributed by atoms with Crippen LogP contribution in [-0.2, 0) is 14.3 Å². The first-order valence-corrected chi connectivity index (χ1v) is 11.8. The van der Waals surface area contributed by atoms with Crippen LogP contribution in [0, 0.1) is 0 Å². The van der Waals surface area contributed by atoms with Gasteiger partial charge in [-0.2, -0.15) is 0 Å². The van der Waals surface area contributed by atoms with Crippen molar-refractivity contribution < 1.29 is 19.1 Å². The lowest BCUT2D eigenvalue weighted by Crippen LogP contribution is -2.47. The van der Waals surface area contributed by atoms with Gasteiger partial charge in [-0.05, 0) is 25.3 Å². The maximum absolute atomic E-state index is 12.9. The Kier molecular flexibility index (Phi) is 7.49. The summed E-state index contributed by atoms with van der Waals surface area (Å²) in [5.41, 5.74) is 0.873. The molecule has 0 bridgehead atoms.